The minimum atomic E-state index is -0.231. The first-order chi connectivity index (χ1) is 17.2. The highest BCUT2D eigenvalue weighted by Gasteiger charge is 2.12. The van der Waals surface area contributed by atoms with Gasteiger partial charge in [0.1, 0.15) is 5.69 Å². The van der Waals surface area contributed by atoms with Crippen molar-refractivity contribution in [2.45, 2.75) is 4.34 Å². The molecule has 3 heterocycles. The van der Waals surface area contributed by atoms with Crippen LogP contribution in [0.4, 0.5) is 0 Å². The molecule has 1 amide bonds. The van der Waals surface area contributed by atoms with Crippen molar-refractivity contribution in [1.82, 2.24) is 25.2 Å². The number of rotatable bonds is 7. The normalized spacial score (nSPS) is 11.5. The standard InChI is InChI=1S/C24H17ClN6OS3/c25-17-11-9-16(10-12-17)20-14-33-23(31(20)18-6-2-1-3-7-18)29-27-21(32)15-34-24-30-28-22(35-24)19-8-4-5-13-26-19/h1-14H,15H2,(H,27,32)/b29-23+. The zero-order chi connectivity index (χ0) is 24.0. The fraction of sp³-hybridized carbons (Fsp3) is 0.0417. The number of benzene rings is 2. The summed E-state index contributed by atoms with van der Waals surface area (Å²) < 4.78 is 2.70. The molecular weight excluding hydrogens is 520 g/mol. The minimum absolute atomic E-state index is 0.168. The van der Waals surface area contributed by atoms with Crippen LogP contribution in [0.1, 0.15) is 0 Å². The molecule has 1 N–H and O–H groups in total. The summed E-state index contributed by atoms with van der Waals surface area (Å²) in [7, 11) is 0. The third-order valence-electron chi connectivity index (χ3n) is 4.76. The number of halogens is 1. The summed E-state index contributed by atoms with van der Waals surface area (Å²) in [5.74, 6) is -0.0631. The number of aromatic nitrogens is 4. The molecule has 0 unspecified atom stereocenters. The summed E-state index contributed by atoms with van der Waals surface area (Å²) in [6.45, 7) is 0. The van der Waals surface area contributed by atoms with Gasteiger partial charge in [-0.1, -0.05) is 71.1 Å². The molecule has 0 spiro atoms. The number of hydrogen-bond acceptors (Lipinski definition) is 8. The second kappa shape index (κ2) is 11.0. The molecule has 174 valence electrons. The van der Waals surface area contributed by atoms with Gasteiger partial charge in [-0.25, -0.2) is 5.43 Å². The van der Waals surface area contributed by atoms with Crippen LogP contribution in [0.25, 0.3) is 27.6 Å². The molecule has 0 aliphatic carbocycles. The van der Waals surface area contributed by atoms with E-state index in [-0.39, 0.29) is 11.7 Å². The highest BCUT2D eigenvalue weighted by Crippen LogP contribution is 2.28. The molecule has 3 aromatic heterocycles. The smallest absolute Gasteiger partial charge is 0.250 e. The molecule has 0 saturated heterocycles. The van der Waals surface area contributed by atoms with Crippen LogP contribution in [0.15, 0.2) is 93.8 Å². The highest BCUT2D eigenvalue weighted by molar-refractivity contribution is 8.01. The van der Waals surface area contributed by atoms with Gasteiger partial charge >= 0.3 is 0 Å². The Kier molecular flexibility index (Phi) is 7.34. The van der Waals surface area contributed by atoms with Gasteiger partial charge in [0, 0.05) is 22.3 Å². The van der Waals surface area contributed by atoms with Crippen molar-refractivity contribution in [3.05, 3.63) is 94.2 Å². The van der Waals surface area contributed by atoms with Gasteiger partial charge in [-0.05, 0) is 42.0 Å². The monoisotopic (exact) mass is 536 g/mol. The number of hydrogen-bond donors (Lipinski definition) is 1. The molecule has 0 saturated carbocycles. The maximum atomic E-state index is 12.5. The predicted molar refractivity (Wildman–Crippen MR) is 142 cm³/mol. The van der Waals surface area contributed by atoms with Crippen molar-refractivity contribution < 1.29 is 4.79 Å². The van der Waals surface area contributed by atoms with Crippen LogP contribution in [0.5, 0.6) is 0 Å². The molecule has 7 nitrogen and oxygen atoms in total. The number of pyridine rings is 1. The molecule has 35 heavy (non-hydrogen) atoms. The first-order valence-electron chi connectivity index (χ1n) is 10.4. The van der Waals surface area contributed by atoms with Gasteiger partial charge in [0.2, 0.25) is 4.80 Å². The predicted octanol–water partition coefficient (Wildman–Crippen LogP) is 5.50. The Morgan fingerprint density at radius 1 is 1.03 bits per heavy atom. The van der Waals surface area contributed by atoms with Crippen molar-refractivity contribution in [3.8, 4) is 27.6 Å². The fourth-order valence-corrected chi connectivity index (χ4v) is 5.78. The van der Waals surface area contributed by atoms with Crippen LogP contribution in [0.2, 0.25) is 5.02 Å². The van der Waals surface area contributed by atoms with Gasteiger partial charge in [0.25, 0.3) is 5.91 Å². The van der Waals surface area contributed by atoms with Crippen molar-refractivity contribution >= 4 is 51.9 Å². The van der Waals surface area contributed by atoms with Crippen LogP contribution in [0.3, 0.4) is 0 Å². The summed E-state index contributed by atoms with van der Waals surface area (Å²) in [5.41, 5.74) is 6.32. The lowest BCUT2D eigenvalue weighted by Crippen LogP contribution is -2.25. The van der Waals surface area contributed by atoms with E-state index in [9.17, 15) is 4.79 Å². The number of nitrogens with zero attached hydrogens (tertiary/aromatic N) is 5. The number of thioether (sulfide) groups is 1. The van der Waals surface area contributed by atoms with E-state index < -0.39 is 0 Å². The molecule has 11 heteroatoms. The first-order valence-corrected chi connectivity index (χ1v) is 13.5. The Morgan fingerprint density at radius 2 is 1.83 bits per heavy atom. The number of carbonyl (C=O) groups excluding carboxylic acids is 1. The van der Waals surface area contributed by atoms with Gasteiger partial charge in [-0.15, -0.1) is 26.6 Å². The van der Waals surface area contributed by atoms with Crippen molar-refractivity contribution in [1.29, 1.82) is 0 Å². The molecule has 0 bridgehead atoms. The average molecular weight is 537 g/mol. The number of thiazole rings is 1. The zero-order valence-electron chi connectivity index (χ0n) is 18.0. The maximum absolute atomic E-state index is 12.5. The minimum Gasteiger partial charge on any atom is -0.284 e. The van der Waals surface area contributed by atoms with E-state index in [0.717, 1.165) is 27.6 Å². The van der Waals surface area contributed by atoms with E-state index in [1.54, 1.807) is 6.20 Å². The maximum Gasteiger partial charge on any atom is 0.250 e. The van der Waals surface area contributed by atoms with Gasteiger partial charge in [0.15, 0.2) is 9.35 Å². The molecule has 0 fully saturated rings. The second-order valence-corrected chi connectivity index (χ2v) is 10.6. The van der Waals surface area contributed by atoms with Gasteiger partial charge in [-0.3, -0.25) is 14.3 Å². The topological polar surface area (TPSA) is 85.1 Å². The van der Waals surface area contributed by atoms with E-state index >= 15 is 0 Å². The lowest BCUT2D eigenvalue weighted by Gasteiger charge is -2.09. The third-order valence-corrected chi connectivity index (χ3v) is 7.91. The summed E-state index contributed by atoms with van der Waals surface area (Å²) in [6.07, 6.45) is 1.71. The molecule has 0 aliphatic rings. The molecule has 2 aromatic carbocycles. The number of para-hydroxylation sites is 1. The van der Waals surface area contributed by atoms with Gasteiger partial charge < -0.3 is 0 Å². The Morgan fingerprint density at radius 3 is 2.60 bits per heavy atom. The highest BCUT2D eigenvalue weighted by atomic mass is 35.5. The Hall–Kier alpha value is -3.31. The Balaban J connectivity index is 1.33. The molecule has 0 radical (unpaired) electrons. The van der Waals surface area contributed by atoms with E-state index in [0.29, 0.717) is 14.2 Å². The molecule has 0 atom stereocenters. The van der Waals surface area contributed by atoms with Gasteiger partial charge in [0.05, 0.1) is 11.4 Å². The number of nitrogens with one attached hydrogen (secondary N) is 1. The Bertz CT molecular complexity index is 1500. The number of amides is 1. The van der Waals surface area contributed by atoms with Gasteiger partial charge in [-0.2, -0.15) is 0 Å². The van der Waals surface area contributed by atoms with Crippen LogP contribution in [-0.4, -0.2) is 31.4 Å². The van der Waals surface area contributed by atoms with Crippen molar-refractivity contribution in [2.24, 2.45) is 5.10 Å². The molecular formula is C24H17ClN6OS3. The molecule has 0 aliphatic heterocycles. The van der Waals surface area contributed by atoms with Crippen molar-refractivity contribution in [2.75, 3.05) is 5.75 Å². The van der Waals surface area contributed by atoms with E-state index in [2.05, 4.69) is 25.7 Å². The SMILES string of the molecule is O=C(CSc1nnc(-c2ccccn2)s1)N/N=c1/scc(-c2ccc(Cl)cc2)n1-c1ccccc1. The lowest BCUT2D eigenvalue weighted by molar-refractivity contribution is -0.118. The van der Waals surface area contributed by atoms with Crippen LogP contribution in [0, 0.1) is 0 Å². The average Bonchev–Trinajstić information content (AvgIpc) is 3.55. The van der Waals surface area contributed by atoms with E-state index in [1.807, 2.05) is 82.7 Å². The molecule has 5 aromatic rings. The molecule has 5 rings (SSSR count). The van der Waals surface area contributed by atoms with Crippen LogP contribution in [-0.2, 0) is 4.79 Å². The summed E-state index contributed by atoms with van der Waals surface area (Å²) in [5, 5.41) is 16.1. The largest absolute Gasteiger partial charge is 0.284 e. The second-order valence-electron chi connectivity index (χ2n) is 7.10. The number of carbonyl (C=O) groups is 1. The fourth-order valence-electron chi connectivity index (χ4n) is 3.17. The quantitative estimate of drug-likeness (QED) is 0.219. The summed E-state index contributed by atoms with van der Waals surface area (Å²) in [6, 6.07) is 23.1. The van der Waals surface area contributed by atoms with Crippen LogP contribution < -0.4 is 10.2 Å². The lowest BCUT2D eigenvalue weighted by atomic mass is 10.1. The van der Waals surface area contributed by atoms with E-state index in [1.165, 1.54) is 34.4 Å². The zero-order valence-corrected chi connectivity index (χ0v) is 21.2. The third kappa shape index (κ3) is 5.68. The summed E-state index contributed by atoms with van der Waals surface area (Å²) in [4.78, 5) is 17.5. The van der Waals surface area contributed by atoms with Crippen LogP contribution >= 0.6 is 46.0 Å². The first kappa shape index (κ1) is 23.4. The summed E-state index contributed by atoms with van der Waals surface area (Å²) >= 11 is 10.2. The Labute approximate surface area is 218 Å². The van der Waals surface area contributed by atoms with Crippen molar-refractivity contribution in [3.63, 3.8) is 0 Å². The van der Waals surface area contributed by atoms with E-state index in [4.69, 9.17) is 11.6 Å².